The minimum atomic E-state index is -0.942. The zero-order valence-corrected chi connectivity index (χ0v) is 19.2. The molecule has 0 spiro atoms. The fourth-order valence-corrected chi connectivity index (χ4v) is 4.35. The lowest BCUT2D eigenvalue weighted by atomic mass is 10.0. The molecule has 4 aromatic rings. The van der Waals surface area contributed by atoms with Gasteiger partial charge in [0.25, 0.3) is 5.91 Å². The van der Waals surface area contributed by atoms with Gasteiger partial charge in [0.15, 0.2) is 11.5 Å². The summed E-state index contributed by atoms with van der Waals surface area (Å²) in [6, 6.07) is 20.5. The Kier molecular flexibility index (Phi) is 6.39. The Bertz CT molecular complexity index is 1380. The van der Waals surface area contributed by atoms with Gasteiger partial charge in [0.05, 0.1) is 5.56 Å². The van der Waals surface area contributed by atoms with Crippen LogP contribution in [-0.4, -0.2) is 41.3 Å². The predicted molar refractivity (Wildman–Crippen MR) is 133 cm³/mol. The monoisotopic (exact) mass is 470 g/mol. The summed E-state index contributed by atoms with van der Waals surface area (Å²) < 4.78 is 13.2. The van der Waals surface area contributed by atoms with E-state index in [2.05, 4.69) is 28.2 Å². The molecule has 35 heavy (non-hydrogen) atoms. The molecule has 7 heteroatoms. The summed E-state index contributed by atoms with van der Waals surface area (Å²) in [4.78, 5) is 24.1. The number of aryl methyl sites for hydroxylation is 1. The number of carbonyl (C=O) groups is 2. The van der Waals surface area contributed by atoms with E-state index in [4.69, 9.17) is 9.47 Å². The van der Waals surface area contributed by atoms with Gasteiger partial charge in [0.1, 0.15) is 13.2 Å². The van der Waals surface area contributed by atoms with Crippen LogP contribution in [0.4, 0.5) is 0 Å². The Morgan fingerprint density at radius 2 is 1.66 bits per heavy atom. The smallest absolute Gasteiger partial charge is 0.335 e. The van der Waals surface area contributed by atoms with Gasteiger partial charge in [0, 0.05) is 41.3 Å². The summed E-state index contributed by atoms with van der Waals surface area (Å²) in [5.41, 5.74) is 3.86. The lowest BCUT2D eigenvalue weighted by molar-refractivity contribution is 0.0696. The van der Waals surface area contributed by atoms with Gasteiger partial charge in [-0.05, 0) is 48.7 Å². The van der Waals surface area contributed by atoms with E-state index in [0.717, 1.165) is 34.9 Å². The largest absolute Gasteiger partial charge is 0.486 e. The van der Waals surface area contributed by atoms with Gasteiger partial charge in [-0.15, -0.1) is 0 Å². The zero-order valence-electron chi connectivity index (χ0n) is 19.2. The van der Waals surface area contributed by atoms with E-state index in [1.165, 1.54) is 0 Å². The number of unbranched alkanes of at least 4 members (excludes halogenated alkanes) is 1. The number of aromatic carboxylic acids is 1. The van der Waals surface area contributed by atoms with Gasteiger partial charge in [-0.2, -0.15) is 0 Å². The molecule has 1 amide bonds. The Morgan fingerprint density at radius 1 is 0.886 bits per heavy atom. The van der Waals surface area contributed by atoms with Crippen molar-refractivity contribution in [3.05, 3.63) is 84.1 Å². The second-order valence-electron chi connectivity index (χ2n) is 8.46. The van der Waals surface area contributed by atoms with Gasteiger partial charge in [-0.25, -0.2) is 4.79 Å². The number of aromatic nitrogens is 1. The first-order chi connectivity index (χ1) is 17.1. The number of ether oxygens (including phenoxy) is 2. The zero-order chi connectivity index (χ0) is 24.2. The highest BCUT2D eigenvalue weighted by atomic mass is 16.6. The van der Waals surface area contributed by atoms with Crippen molar-refractivity contribution in [1.82, 2.24) is 9.88 Å². The van der Waals surface area contributed by atoms with Crippen molar-refractivity contribution in [2.24, 2.45) is 0 Å². The summed E-state index contributed by atoms with van der Waals surface area (Å²) in [5.74, 6) is 0.166. The number of fused-ring (bicyclic) bond motifs is 2. The van der Waals surface area contributed by atoms with Crippen LogP contribution in [-0.2, 0) is 6.54 Å². The van der Waals surface area contributed by atoms with E-state index in [9.17, 15) is 14.7 Å². The van der Waals surface area contributed by atoms with Crippen molar-refractivity contribution >= 4 is 22.8 Å². The lowest BCUT2D eigenvalue weighted by Gasteiger charge is -2.18. The van der Waals surface area contributed by atoms with E-state index >= 15 is 0 Å². The molecule has 0 unspecified atom stereocenters. The van der Waals surface area contributed by atoms with Crippen LogP contribution in [0.3, 0.4) is 0 Å². The highest BCUT2D eigenvalue weighted by molar-refractivity contribution is 6.00. The van der Waals surface area contributed by atoms with Crippen LogP contribution in [0.15, 0.2) is 72.9 Å². The van der Waals surface area contributed by atoms with Crippen LogP contribution < -0.4 is 14.8 Å². The maximum absolute atomic E-state index is 12.5. The van der Waals surface area contributed by atoms with Crippen molar-refractivity contribution in [2.45, 2.75) is 19.4 Å². The van der Waals surface area contributed by atoms with E-state index in [0.29, 0.717) is 43.4 Å². The highest BCUT2D eigenvalue weighted by Gasteiger charge is 2.15. The van der Waals surface area contributed by atoms with Crippen LogP contribution in [0.5, 0.6) is 11.5 Å². The van der Waals surface area contributed by atoms with Crippen molar-refractivity contribution in [3.8, 4) is 22.6 Å². The van der Waals surface area contributed by atoms with Crippen molar-refractivity contribution < 1.29 is 24.2 Å². The third-order valence-electron chi connectivity index (χ3n) is 6.13. The average Bonchev–Trinajstić information content (AvgIpc) is 3.26. The number of hydrogen-bond donors (Lipinski definition) is 2. The highest BCUT2D eigenvalue weighted by Crippen LogP contribution is 2.32. The van der Waals surface area contributed by atoms with Gasteiger partial charge in [0.2, 0.25) is 0 Å². The Hall–Kier alpha value is -4.26. The molecule has 0 fully saturated rings. The minimum Gasteiger partial charge on any atom is -0.486 e. The van der Waals surface area contributed by atoms with E-state index < -0.39 is 5.97 Å². The van der Waals surface area contributed by atoms with Crippen LogP contribution in [0.25, 0.3) is 22.0 Å². The third kappa shape index (κ3) is 4.84. The molecule has 0 atom stereocenters. The number of carbonyl (C=O) groups excluding carboxylic acids is 1. The second-order valence-corrected chi connectivity index (χ2v) is 8.46. The number of nitrogens with zero attached hydrogens (tertiary/aromatic N) is 1. The average molecular weight is 471 g/mol. The molecule has 2 heterocycles. The first-order valence-electron chi connectivity index (χ1n) is 11.7. The van der Waals surface area contributed by atoms with Crippen molar-refractivity contribution in [2.75, 3.05) is 19.8 Å². The van der Waals surface area contributed by atoms with Crippen LogP contribution in [0.2, 0.25) is 0 Å². The molecule has 2 N–H and O–H groups in total. The number of rotatable bonds is 8. The molecular formula is C28H26N2O5. The normalized spacial score (nSPS) is 12.5. The molecule has 0 bridgehead atoms. The van der Waals surface area contributed by atoms with Gasteiger partial charge in [-0.1, -0.05) is 36.4 Å². The van der Waals surface area contributed by atoms with Crippen LogP contribution in [0.1, 0.15) is 33.6 Å². The second kappa shape index (κ2) is 9.93. The topological polar surface area (TPSA) is 89.8 Å². The summed E-state index contributed by atoms with van der Waals surface area (Å²) in [5, 5.41) is 13.4. The van der Waals surface area contributed by atoms with Crippen molar-refractivity contribution in [1.29, 1.82) is 0 Å². The summed E-state index contributed by atoms with van der Waals surface area (Å²) in [6.45, 7) is 2.25. The van der Waals surface area contributed by atoms with E-state index in [-0.39, 0.29) is 11.5 Å². The number of nitrogens with one attached hydrogen (secondary N) is 1. The predicted octanol–water partition coefficient (Wildman–Crippen LogP) is 4.99. The molecule has 0 saturated heterocycles. The number of carboxylic acids is 1. The lowest BCUT2D eigenvalue weighted by Crippen LogP contribution is -2.25. The Labute approximate surface area is 202 Å². The molecule has 1 aromatic heterocycles. The quantitative estimate of drug-likeness (QED) is 0.354. The van der Waals surface area contributed by atoms with Gasteiger partial charge in [-0.3, -0.25) is 4.79 Å². The number of hydrogen-bond acceptors (Lipinski definition) is 4. The summed E-state index contributed by atoms with van der Waals surface area (Å²) in [6.07, 6.45) is 3.70. The van der Waals surface area contributed by atoms with E-state index in [1.807, 2.05) is 24.3 Å². The summed E-state index contributed by atoms with van der Waals surface area (Å²) >= 11 is 0. The maximum atomic E-state index is 12.5. The number of benzene rings is 3. The fourth-order valence-electron chi connectivity index (χ4n) is 4.35. The molecule has 5 rings (SSSR count). The molecule has 0 radical (unpaired) electrons. The number of amides is 1. The fraction of sp³-hybridized carbons (Fsp3) is 0.214. The SMILES string of the molecule is O=C(O)c1ccc2c(-c3ccccc3)cn(CCCCNC(=O)c3ccc4c(c3)OCCO4)c2c1. The molecule has 3 aromatic carbocycles. The standard InChI is InChI=1S/C28H26N2O5/c31-27(20-9-11-25-26(17-20)35-15-14-34-25)29-12-4-5-13-30-18-23(19-6-2-1-3-7-19)22-10-8-21(28(32)33)16-24(22)30/h1-3,6-11,16-18H,4-5,12-15H2,(H,29,31)(H,32,33). The molecule has 178 valence electrons. The Morgan fingerprint density at radius 3 is 2.46 bits per heavy atom. The first-order valence-corrected chi connectivity index (χ1v) is 11.7. The Balaban J connectivity index is 1.24. The maximum Gasteiger partial charge on any atom is 0.335 e. The van der Waals surface area contributed by atoms with Crippen LogP contribution in [0, 0.1) is 0 Å². The van der Waals surface area contributed by atoms with E-state index in [1.54, 1.807) is 30.3 Å². The molecule has 0 saturated carbocycles. The molecule has 1 aliphatic heterocycles. The van der Waals surface area contributed by atoms with Gasteiger partial charge >= 0.3 is 5.97 Å². The molecular weight excluding hydrogens is 444 g/mol. The molecule has 0 aliphatic carbocycles. The number of carboxylic acid groups (broad SMARTS) is 1. The van der Waals surface area contributed by atoms with Crippen LogP contribution >= 0.6 is 0 Å². The molecule has 7 nitrogen and oxygen atoms in total. The van der Waals surface area contributed by atoms with Crippen molar-refractivity contribution in [3.63, 3.8) is 0 Å². The third-order valence-corrected chi connectivity index (χ3v) is 6.13. The summed E-state index contributed by atoms with van der Waals surface area (Å²) in [7, 11) is 0. The first kappa shape index (κ1) is 22.5. The minimum absolute atomic E-state index is 0.147. The van der Waals surface area contributed by atoms with Gasteiger partial charge < -0.3 is 24.5 Å². The molecule has 1 aliphatic rings.